The van der Waals surface area contributed by atoms with E-state index in [-0.39, 0.29) is 11.6 Å². The van der Waals surface area contributed by atoms with Gasteiger partial charge in [0.2, 0.25) is 5.88 Å². The van der Waals surface area contributed by atoms with Crippen molar-refractivity contribution in [2.24, 2.45) is 0 Å². The minimum atomic E-state index is -4.42. The Bertz CT molecular complexity index is 1280. The maximum absolute atomic E-state index is 12.6. The van der Waals surface area contributed by atoms with Crippen molar-refractivity contribution < 1.29 is 32.5 Å². The normalized spacial score (nSPS) is 11.7. The third-order valence-electron chi connectivity index (χ3n) is 4.70. The Kier molecular flexibility index (Phi) is 5.28. The lowest BCUT2D eigenvalue weighted by Gasteiger charge is -2.10. The molecule has 4 aromatic rings. The summed E-state index contributed by atoms with van der Waals surface area (Å²) >= 11 is 0. The van der Waals surface area contributed by atoms with E-state index >= 15 is 0 Å². The SMILES string of the molecule is COc1cc(-c2cc(OC)c3c(O)n(-c4cnn(CC(F)(F)F)c4)cc3n2)cnc1OC. The predicted octanol–water partition coefficient (Wildman–Crippen LogP) is 3.58. The minimum absolute atomic E-state index is 0.237. The van der Waals surface area contributed by atoms with Crippen molar-refractivity contribution in [3.8, 4) is 40.2 Å². The molecule has 4 heterocycles. The molecule has 0 aliphatic rings. The summed E-state index contributed by atoms with van der Waals surface area (Å²) in [6.45, 7) is -1.24. The van der Waals surface area contributed by atoms with E-state index in [2.05, 4.69) is 15.1 Å². The quantitative estimate of drug-likeness (QED) is 0.481. The lowest BCUT2D eigenvalue weighted by atomic mass is 10.1. The van der Waals surface area contributed by atoms with Crippen molar-refractivity contribution in [2.45, 2.75) is 12.7 Å². The summed E-state index contributed by atoms with van der Waals surface area (Å²) in [5.41, 5.74) is 1.68. The highest BCUT2D eigenvalue weighted by Gasteiger charge is 2.28. The molecule has 4 aromatic heterocycles. The van der Waals surface area contributed by atoms with E-state index in [1.807, 2.05) is 0 Å². The van der Waals surface area contributed by atoms with Crippen LogP contribution in [0.1, 0.15) is 0 Å². The Balaban J connectivity index is 1.81. The maximum Gasteiger partial charge on any atom is 0.408 e. The van der Waals surface area contributed by atoms with Crippen LogP contribution in [0.3, 0.4) is 0 Å². The summed E-state index contributed by atoms with van der Waals surface area (Å²) < 4.78 is 55.8. The van der Waals surface area contributed by atoms with Gasteiger partial charge in [-0.1, -0.05) is 0 Å². The molecule has 32 heavy (non-hydrogen) atoms. The number of pyridine rings is 2. The number of methoxy groups -OCH3 is 3. The minimum Gasteiger partial charge on any atom is -0.496 e. The van der Waals surface area contributed by atoms with Gasteiger partial charge in [-0.3, -0.25) is 9.25 Å². The number of aromatic hydroxyl groups is 1. The Morgan fingerprint density at radius 1 is 1.00 bits per heavy atom. The fraction of sp³-hybridized carbons (Fsp3) is 0.250. The van der Waals surface area contributed by atoms with Crippen LogP contribution in [0.2, 0.25) is 0 Å². The zero-order valence-electron chi connectivity index (χ0n) is 17.2. The highest BCUT2D eigenvalue weighted by Crippen LogP contribution is 2.39. The highest BCUT2D eigenvalue weighted by molar-refractivity contribution is 5.93. The fourth-order valence-electron chi connectivity index (χ4n) is 3.29. The molecule has 0 saturated carbocycles. The molecule has 1 N–H and O–H groups in total. The van der Waals surface area contributed by atoms with Crippen LogP contribution in [0.4, 0.5) is 13.2 Å². The van der Waals surface area contributed by atoms with Crippen molar-refractivity contribution in [1.29, 1.82) is 0 Å². The molecule has 0 atom stereocenters. The van der Waals surface area contributed by atoms with Gasteiger partial charge in [-0.25, -0.2) is 9.97 Å². The molecule has 12 heteroatoms. The van der Waals surface area contributed by atoms with E-state index in [0.29, 0.717) is 39.5 Å². The van der Waals surface area contributed by atoms with Gasteiger partial charge in [-0.15, -0.1) is 0 Å². The first-order valence-corrected chi connectivity index (χ1v) is 9.21. The number of nitrogens with zero attached hydrogens (tertiary/aromatic N) is 5. The average molecular weight is 449 g/mol. The van der Waals surface area contributed by atoms with Gasteiger partial charge in [0, 0.05) is 30.2 Å². The van der Waals surface area contributed by atoms with Crippen molar-refractivity contribution in [3.05, 3.63) is 36.9 Å². The third-order valence-corrected chi connectivity index (χ3v) is 4.70. The van der Waals surface area contributed by atoms with Crippen LogP contribution in [0.25, 0.3) is 27.8 Å². The van der Waals surface area contributed by atoms with E-state index in [1.165, 1.54) is 44.5 Å². The molecule has 0 aromatic carbocycles. The number of rotatable bonds is 6. The molecule has 4 rings (SSSR count). The standard InChI is InChI=1S/C20H18F3N5O4/c1-30-15-5-13(11-4-16(31-2)18(32-3)24-6-11)26-14-9-28(19(29)17(14)15)12-7-25-27(8-12)10-20(21,22)23/h4-9,29H,10H2,1-3H3. The average Bonchev–Trinajstić information content (AvgIpc) is 3.35. The number of fused-ring (bicyclic) bond motifs is 1. The second-order valence-corrected chi connectivity index (χ2v) is 6.74. The Hall–Kier alpha value is -3.96. The van der Waals surface area contributed by atoms with Crippen LogP contribution in [-0.4, -0.2) is 56.9 Å². The molecule has 0 bridgehead atoms. The zero-order valence-corrected chi connectivity index (χ0v) is 17.2. The summed E-state index contributed by atoms with van der Waals surface area (Å²) in [5.74, 6) is 0.791. The van der Waals surface area contributed by atoms with Crippen LogP contribution in [0, 0.1) is 0 Å². The number of ether oxygens (including phenoxy) is 3. The molecule has 0 radical (unpaired) electrons. The molecule has 0 saturated heterocycles. The molecule has 0 amide bonds. The molecule has 9 nitrogen and oxygen atoms in total. The molecule has 0 fully saturated rings. The van der Waals surface area contributed by atoms with Gasteiger partial charge in [0.25, 0.3) is 5.88 Å². The first-order valence-electron chi connectivity index (χ1n) is 9.21. The number of aromatic nitrogens is 5. The first kappa shape index (κ1) is 21.3. The second kappa shape index (κ2) is 7.94. The summed E-state index contributed by atoms with van der Waals surface area (Å²) in [5, 5.41) is 14.8. The number of halogens is 3. The molecular weight excluding hydrogens is 431 g/mol. The van der Waals surface area contributed by atoms with E-state index < -0.39 is 12.7 Å². The monoisotopic (exact) mass is 449 g/mol. The van der Waals surface area contributed by atoms with Gasteiger partial charge in [0.05, 0.1) is 44.4 Å². The largest absolute Gasteiger partial charge is 0.496 e. The van der Waals surface area contributed by atoms with E-state index in [1.54, 1.807) is 18.3 Å². The predicted molar refractivity (Wildman–Crippen MR) is 107 cm³/mol. The van der Waals surface area contributed by atoms with Gasteiger partial charge < -0.3 is 19.3 Å². The second-order valence-electron chi connectivity index (χ2n) is 6.74. The molecule has 0 aliphatic heterocycles. The lowest BCUT2D eigenvalue weighted by molar-refractivity contribution is -0.142. The zero-order chi connectivity index (χ0) is 23.0. The number of alkyl halides is 3. The molecular formula is C20H18F3N5O4. The summed E-state index contributed by atoms with van der Waals surface area (Å²) in [4.78, 5) is 8.75. The van der Waals surface area contributed by atoms with Gasteiger partial charge >= 0.3 is 6.18 Å². The van der Waals surface area contributed by atoms with Gasteiger partial charge in [0.1, 0.15) is 17.7 Å². The van der Waals surface area contributed by atoms with Gasteiger partial charge in [-0.2, -0.15) is 18.3 Å². The molecule has 0 aliphatic carbocycles. The lowest BCUT2D eigenvalue weighted by Crippen LogP contribution is -2.17. The van der Waals surface area contributed by atoms with Crippen molar-refractivity contribution in [3.63, 3.8) is 0 Å². The highest BCUT2D eigenvalue weighted by atomic mass is 19.4. The molecule has 0 unspecified atom stereocenters. The molecule has 0 spiro atoms. The Morgan fingerprint density at radius 3 is 2.41 bits per heavy atom. The van der Waals surface area contributed by atoms with E-state index in [4.69, 9.17) is 14.2 Å². The first-order chi connectivity index (χ1) is 15.2. The van der Waals surface area contributed by atoms with Gasteiger partial charge in [-0.05, 0) is 6.07 Å². The Morgan fingerprint density at radius 2 is 1.75 bits per heavy atom. The van der Waals surface area contributed by atoms with Crippen LogP contribution in [0.15, 0.2) is 36.9 Å². The number of hydrogen-bond acceptors (Lipinski definition) is 7. The van der Waals surface area contributed by atoms with Crippen molar-refractivity contribution >= 4 is 10.9 Å². The topological polar surface area (TPSA) is 96.5 Å². The van der Waals surface area contributed by atoms with Crippen LogP contribution in [-0.2, 0) is 6.54 Å². The van der Waals surface area contributed by atoms with Crippen LogP contribution < -0.4 is 14.2 Å². The summed E-state index contributed by atoms with van der Waals surface area (Å²) in [6.07, 6.45) is 1.01. The summed E-state index contributed by atoms with van der Waals surface area (Å²) in [7, 11) is 4.39. The van der Waals surface area contributed by atoms with Crippen molar-refractivity contribution in [1.82, 2.24) is 24.3 Å². The number of hydrogen-bond donors (Lipinski definition) is 1. The fourth-order valence-corrected chi connectivity index (χ4v) is 3.29. The van der Waals surface area contributed by atoms with Crippen molar-refractivity contribution in [2.75, 3.05) is 21.3 Å². The smallest absolute Gasteiger partial charge is 0.408 e. The molecule has 168 valence electrons. The van der Waals surface area contributed by atoms with Crippen LogP contribution in [0.5, 0.6) is 23.3 Å². The maximum atomic E-state index is 12.6. The third kappa shape index (κ3) is 3.86. The van der Waals surface area contributed by atoms with E-state index in [9.17, 15) is 18.3 Å². The summed E-state index contributed by atoms with van der Waals surface area (Å²) in [6, 6.07) is 3.31. The van der Waals surface area contributed by atoms with Gasteiger partial charge in [0.15, 0.2) is 5.75 Å². The Labute approximate surface area is 179 Å². The van der Waals surface area contributed by atoms with E-state index in [0.717, 1.165) is 4.68 Å². The van der Waals surface area contributed by atoms with Crippen LogP contribution >= 0.6 is 0 Å².